The number of esters is 1. The summed E-state index contributed by atoms with van der Waals surface area (Å²) in [6, 6.07) is 6.85. The van der Waals surface area contributed by atoms with E-state index in [0.29, 0.717) is 30.2 Å². The molecule has 0 bridgehead atoms. The summed E-state index contributed by atoms with van der Waals surface area (Å²) in [6.07, 6.45) is 3.82. The SMILES string of the molecule is CCOC(=O)c1cccc(C(=O)C2CCC(CN)CC2)c1. The van der Waals surface area contributed by atoms with Crippen molar-refractivity contribution in [2.75, 3.05) is 13.2 Å². The molecule has 1 saturated carbocycles. The lowest BCUT2D eigenvalue weighted by molar-refractivity contribution is 0.0526. The first-order valence-corrected chi connectivity index (χ1v) is 7.67. The lowest BCUT2D eigenvalue weighted by atomic mass is 9.78. The zero-order chi connectivity index (χ0) is 15.2. The Morgan fingerprint density at radius 3 is 2.48 bits per heavy atom. The van der Waals surface area contributed by atoms with Gasteiger partial charge in [-0.15, -0.1) is 0 Å². The van der Waals surface area contributed by atoms with Gasteiger partial charge in [0.25, 0.3) is 0 Å². The molecule has 21 heavy (non-hydrogen) atoms. The van der Waals surface area contributed by atoms with Gasteiger partial charge in [-0.05, 0) is 57.2 Å². The van der Waals surface area contributed by atoms with E-state index in [1.165, 1.54) is 0 Å². The zero-order valence-corrected chi connectivity index (χ0v) is 12.5. The Morgan fingerprint density at radius 2 is 1.86 bits per heavy atom. The number of rotatable bonds is 5. The monoisotopic (exact) mass is 289 g/mol. The standard InChI is InChI=1S/C17H23NO3/c1-2-21-17(20)15-5-3-4-14(10-15)16(19)13-8-6-12(11-18)7-9-13/h3-5,10,12-13H,2,6-9,11,18H2,1H3. The minimum Gasteiger partial charge on any atom is -0.462 e. The van der Waals surface area contributed by atoms with E-state index >= 15 is 0 Å². The molecule has 0 spiro atoms. The summed E-state index contributed by atoms with van der Waals surface area (Å²) in [4.78, 5) is 24.3. The molecule has 1 aliphatic carbocycles. The average Bonchev–Trinajstić information content (AvgIpc) is 2.54. The van der Waals surface area contributed by atoms with Crippen LogP contribution in [0.2, 0.25) is 0 Å². The van der Waals surface area contributed by atoms with Gasteiger partial charge in [-0.3, -0.25) is 4.79 Å². The van der Waals surface area contributed by atoms with Gasteiger partial charge in [0.2, 0.25) is 0 Å². The van der Waals surface area contributed by atoms with E-state index in [1.54, 1.807) is 31.2 Å². The molecule has 0 unspecified atom stereocenters. The van der Waals surface area contributed by atoms with Gasteiger partial charge in [-0.1, -0.05) is 12.1 Å². The van der Waals surface area contributed by atoms with E-state index in [1.807, 2.05) is 0 Å². The molecule has 0 aromatic heterocycles. The van der Waals surface area contributed by atoms with Gasteiger partial charge in [-0.2, -0.15) is 0 Å². The summed E-state index contributed by atoms with van der Waals surface area (Å²) < 4.78 is 4.97. The fraction of sp³-hybridized carbons (Fsp3) is 0.529. The summed E-state index contributed by atoms with van der Waals surface area (Å²) in [7, 11) is 0. The number of nitrogens with two attached hydrogens (primary N) is 1. The van der Waals surface area contributed by atoms with E-state index in [4.69, 9.17) is 10.5 Å². The fourth-order valence-corrected chi connectivity index (χ4v) is 2.91. The minimum absolute atomic E-state index is 0.0604. The van der Waals surface area contributed by atoms with Crippen molar-refractivity contribution < 1.29 is 14.3 Å². The lowest BCUT2D eigenvalue weighted by Crippen LogP contribution is -2.25. The van der Waals surface area contributed by atoms with Crippen LogP contribution < -0.4 is 5.73 Å². The van der Waals surface area contributed by atoms with Crippen LogP contribution >= 0.6 is 0 Å². The molecule has 1 aliphatic rings. The Kier molecular flexibility index (Phi) is 5.51. The largest absolute Gasteiger partial charge is 0.462 e. The van der Waals surface area contributed by atoms with Gasteiger partial charge >= 0.3 is 5.97 Å². The Hall–Kier alpha value is -1.68. The normalized spacial score (nSPS) is 21.8. The van der Waals surface area contributed by atoms with Crippen molar-refractivity contribution in [1.29, 1.82) is 0 Å². The number of ketones is 1. The Labute approximate surface area is 125 Å². The first-order valence-electron chi connectivity index (χ1n) is 7.67. The number of Topliss-reactive ketones (excluding diaryl/α,β-unsaturated/α-hetero) is 1. The highest BCUT2D eigenvalue weighted by Gasteiger charge is 2.26. The van der Waals surface area contributed by atoms with Gasteiger partial charge < -0.3 is 10.5 Å². The van der Waals surface area contributed by atoms with Crippen LogP contribution in [0, 0.1) is 11.8 Å². The van der Waals surface area contributed by atoms with Crippen LogP contribution in [0.15, 0.2) is 24.3 Å². The number of carbonyl (C=O) groups excluding carboxylic acids is 2. The first-order chi connectivity index (χ1) is 10.2. The maximum Gasteiger partial charge on any atom is 0.338 e. The molecule has 0 saturated heterocycles. The molecule has 4 nitrogen and oxygen atoms in total. The summed E-state index contributed by atoms with van der Waals surface area (Å²) in [5.74, 6) is 0.376. The summed E-state index contributed by atoms with van der Waals surface area (Å²) in [6.45, 7) is 2.81. The highest BCUT2D eigenvalue weighted by Crippen LogP contribution is 2.30. The van der Waals surface area contributed by atoms with Crippen LogP contribution in [0.4, 0.5) is 0 Å². The summed E-state index contributed by atoms with van der Waals surface area (Å²) >= 11 is 0. The second-order valence-electron chi connectivity index (χ2n) is 5.62. The molecule has 4 heteroatoms. The van der Waals surface area contributed by atoms with Gasteiger partial charge in [0.1, 0.15) is 0 Å². The average molecular weight is 289 g/mol. The quantitative estimate of drug-likeness (QED) is 0.668. The third-order valence-corrected chi connectivity index (χ3v) is 4.21. The number of benzene rings is 1. The Morgan fingerprint density at radius 1 is 1.19 bits per heavy atom. The van der Waals surface area contributed by atoms with Crippen LogP contribution in [0.1, 0.15) is 53.3 Å². The van der Waals surface area contributed by atoms with Crippen molar-refractivity contribution in [3.63, 3.8) is 0 Å². The van der Waals surface area contributed by atoms with Crippen LogP contribution in [-0.4, -0.2) is 24.9 Å². The lowest BCUT2D eigenvalue weighted by Gasteiger charge is -2.26. The van der Waals surface area contributed by atoms with Gasteiger partial charge in [0.05, 0.1) is 12.2 Å². The molecule has 0 heterocycles. The Balaban J connectivity index is 2.06. The van der Waals surface area contributed by atoms with E-state index in [0.717, 1.165) is 25.7 Å². The van der Waals surface area contributed by atoms with Crippen molar-refractivity contribution in [1.82, 2.24) is 0 Å². The molecule has 0 atom stereocenters. The second kappa shape index (κ2) is 7.36. The van der Waals surface area contributed by atoms with Crippen molar-refractivity contribution in [3.8, 4) is 0 Å². The minimum atomic E-state index is -0.376. The summed E-state index contributed by atoms with van der Waals surface area (Å²) in [5.41, 5.74) is 6.73. The van der Waals surface area contributed by atoms with Gasteiger partial charge in [0, 0.05) is 11.5 Å². The maximum absolute atomic E-state index is 12.5. The van der Waals surface area contributed by atoms with Crippen molar-refractivity contribution in [3.05, 3.63) is 35.4 Å². The maximum atomic E-state index is 12.5. The third kappa shape index (κ3) is 3.91. The topological polar surface area (TPSA) is 69.4 Å². The zero-order valence-electron chi connectivity index (χ0n) is 12.5. The van der Waals surface area contributed by atoms with Gasteiger partial charge in [-0.25, -0.2) is 4.79 Å². The predicted molar refractivity (Wildman–Crippen MR) is 81.2 cm³/mol. The number of carbonyl (C=O) groups is 2. The van der Waals surface area contributed by atoms with Crippen LogP contribution in [-0.2, 0) is 4.74 Å². The van der Waals surface area contributed by atoms with Gasteiger partial charge in [0.15, 0.2) is 5.78 Å². The van der Waals surface area contributed by atoms with Crippen molar-refractivity contribution >= 4 is 11.8 Å². The number of hydrogen-bond donors (Lipinski definition) is 1. The van der Waals surface area contributed by atoms with E-state index in [2.05, 4.69) is 0 Å². The molecule has 2 N–H and O–H groups in total. The highest BCUT2D eigenvalue weighted by atomic mass is 16.5. The van der Waals surface area contributed by atoms with E-state index in [9.17, 15) is 9.59 Å². The molecule has 114 valence electrons. The first kappa shape index (κ1) is 15.7. The van der Waals surface area contributed by atoms with E-state index in [-0.39, 0.29) is 17.7 Å². The van der Waals surface area contributed by atoms with Crippen LogP contribution in [0.3, 0.4) is 0 Å². The molecule has 1 aromatic rings. The van der Waals surface area contributed by atoms with E-state index < -0.39 is 0 Å². The van der Waals surface area contributed by atoms with Crippen LogP contribution in [0.5, 0.6) is 0 Å². The van der Waals surface area contributed by atoms with Crippen LogP contribution in [0.25, 0.3) is 0 Å². The highest BCUT2D eigenvalue weighted by molar-refractivity contribution is 6.00. The molecule has 2 rings (SSSR count). The molecule has 1 aromatic carbocycles. The fourth-order valence-electron chi connectivity index (χ4n) is 2.91. The molecule has 0 amide bonds. The predicted octanol–water partition coefficient (Wildman–Crippen LogP) is 2.81. The molecule has 1 fully saturated rings. The third-order valence-electron chi connectivity index (χ3n) is 4.21. The Bertz CT molecular complexity index is 505. The smallest absolute Gasteiger partial charge is 0.338 e. The molecular weight excluding hydrogens is 266 g/mol. The van der Waals surface area contributed by atoms with Crippen molar-refractivity contribution in [2.24, 2.45) is 17.6 Å². The number of ether oxygens (including phenoxy) is 1. The molecule has 0 aliphatic heterocycles. The molecular formula is C17H23NO3. The summed E-state index contributed by atoms with van der Waals surface area (Å²) in [5, 5.41) is 0. The molecule has 0 radical (unpaired) electrons. The second-order valence-corrected chi connectivity index (χ2v) is 5.62. The number of hydrogen-bond acceptors (Lipinski definition) is 4. The van der Waals surface area contributed by atoms with Crippen molar-refractivity contribution in [2.45, 2.75) is 32.6 Å².